The van der Waals surface area contributed by atoms with Crippen LogP contribution in [0.15, 0.2) is 60.8 Å². The molecule has 0 aliphatic carbocycles. The molecule has 0 saturated heterocycles. The van der Waals surface area contributed by atoms with Gasteiger partial charge in [0.05, 0.1) is 40.9 Å². The average Bonchev–Trinajstić information content (AvgIpc) is 3.22. The molecule has 3 aromatic heterocycles. The summed E-state index contributed by atoms with van der Waals surface area (Å²) in [4.78, 5) is 9.38. The van der Waals surface area contributed by atoms with E-state index in [2.05, 4.69) is 14.8 Å². The van der Waals surface area contributed by atoms with Gasteiger partial charge in [-0.05, 0) is 65.0 Å². The number of aliphatic hydroxyl groups is 1. The highest BCUT2D eigenvalue weighted by Gasteiger charge is 2.28. The fraction of sp³-hybridized carbons (Fsp3) is 0.320. The van der Waals surface area contributed by atoms with E-state index < -0.39 is 17.5 Å². The Morgan fingerprint density at radius 1 is 1.00 bits per heavy atom. The predicted octanol–water partition coefficient (Wildman–Crippen LogP) is 4.65. The molecule has 4 aromatic rings. The van der Waals surface area contributed by atoms with E-state index in [1.165, 1.54) is 0 Å². The van der Waals surface area contributed by atoms with Gasteiger partial charge in [0.15, 0.2) is 5.82 Å². The number of rotatable bonds is 6. The Balaban J connectivity index is 1.68. The number of hydrogen-bond acceptors (Lipinski definition) is 6. The van der Waals surface area contributed by atoms with Gasteiger partial charge >= 0.3 is 0 Å². The van der Waals surface area contributed by atoms with Crippen molar-refractivity contribution in [1.29, 1.82) is 0 Å². The van der Waals surface area contributed by atoms with Crippen molar-refractivity contribution in [1.82, 2.24) is 24.5 Å². The molecule has 3 atom stereocenters. The van der Waals surface area contributed by atoms with Crippen LogP contribution < -0.4 is 4.72 Å². The summed E-state index contributed by atoms with van der Waals surface area (Å²) in [5.41, 5.74) is 4.08. The van der Waals surface area contributed by atoms with Gasteiger partial charge in [0.1, 0.15) is 4.75 Å². The first-order valence-electron chi connectivity index (χ1n) is 10.9. The molecule has 4 rings (SSSR count). The molecule has 0 aliphatic heterocycles. The molecule has 0 amide bonds. The molecule has 0 bridgehead atoms. The summed E-state index contributed by atoms with van der Waals surface area (Å²) in [6, 6.07) is 17.3. The van der Waals surface area contributed by atoms with Crippen LogP contribution in [0.2, 0.25) is 0 Å². The van der Waals surface area contributed by atoms with Crippen molar-refractivity contribution >= 4 is 22.3 Å². The van der Waals surface area contributed by atoms with Crippen LogP contribution in [-0.4, -0.2) is 34.2 Å². The predicted molar refractivity (Wildman–Crippen MR) is 132 cm³/mol. The van der Waals surface area contributed by atoms with Crippen molar-refractivity contribution in [3.05, 3.63) is 72.2 Å². The maximum absolute atomic E-state index is 12.5. The van der Waals surface area contributed by atoms with E-state index in [0.717, 1.165) is 27.9 Å². The van der Waals surface area contributed by atoms with Crippen LogP contribution >= 0.6 is 0 Å². The molecule has 2 N–H and O–H groups in total. The Morgan fingerprint density at radius 3 is 2.45 bits per heavy atom. The fourth-order valence-corrected chi connectivity index (χ4v) is 4.20. The summed E-state index contributed by atoms with van der Waals surface area (Å²) < 4.78 is 17.1. The van der Waals surface area contributed by atoms with E-state index in [9.17, 15) is 9.66 Å². The van der Waals surface area contributed by atoms with Crippen molar-refractivity contribution in [2.45, 2.75) is 51.5 Å². The quantitative estimate of drug-likeness (QED) is 0.404. The van der Waals surface area contributed by atoms with Gasteiger partial charge in [-0.1, -0.05) is 24.3 Å². The van der Waals surface area contributed by atoms with Gasteiger partial charge in [0.25, 0.3) is 0 Å². The van der Waals surface area contributed by atoms with Gasteiger partial charge in [-0.15, -0.1) is 4.72 Å². The summed E-state index contributed by atoms with van der Waals surface area (Å²) in [5.74, 6) is 0.643. The highest BCUT2D eigenvalue weighted by atomic mass is 32.2. The number of nitrogens with zero attached hydrogens (tertiary/aromatic N) is 4. The van der Waals surface area contributed by atoms with Gasteiger partial charge in [-0.2, -0.15) is 5.10 Å². The second-order valence-corrected chi connectivity index (χ2v) is 11.1. The summed E-state index contributed by atoms with van der Waals surface area (Å²) >= 11 is -1.19. The van der Waals surface area contributed by atoms with Crippen molar-refractivity contribution in [2.24, 2.45) is 0 Å². The molecule has 33 heavy (non-hydrogen) atoms. The zero-order chi connectivity index (χ0) is 23.8. The Kier molecular flexibility index (Phi) is 6.54. The maximum Gasteiger partial charge on any atom is 0.154 e. The lowest BCUT2D eigenvalue weighted by molar-refractivity contribution is 0.194. The Labute approximate surface area is 197 Å². The minimum absolute atomic E-state index is 0.160. The summed E-state index contributed by atoms with van der Waals surface area (Å²) in [5, 5.41) is 15.4. The molecule has 172 valence electrons. The minimum atomic E-state index is -1.19. The van der Waals surface area contributed by atoms with Crippen molar-refractivity contribution in [3.8, 4) is 17.1 Å². The van der Waals surface area contributed by atoms with Crippen LogP contribution in [-0.2, 0) is 11.4 Å². The molecule has 1 aromatic carbocycles. The molecule has 7 nitrogen and oxygen atoms in total. The topological polar surface area (TPSA) is 98.9 Å². The van der Waals surface area contributed by atoms with Crippen molar-refractivity contribution in [2.75, 3.05) is 0 Å². The summed E-state index contributed by atoms with van der Waals surface area (Å²) in [7, 11) is 0. The fourth-order valence-electron chi connectivity index (χ4n) is 3.40. The second-order valence-electron chi connectivity index (χ2n) is 9.09. The highest BCUT2D eigenvalue weighted by Crippen LogP contribution is 2.26. The number of pyridine rings is 2. The van der Waals surface area contributed by atoms with Crippen LogP contribution in [0.3, 0.4) is 0 Å². The molecule has 1 unspecified atom stereocenters. The lowest BCUT2D eigenvalue weighted by Crippen LogP contribution is -2.40. The molecule has 3 heterocycles. The van der Waals surface area contributed by atoms with Gasteiger partial charge in [0.2, 0.25) is 0 Å². The summed E-state index contributed by atoms with van der Waals surface area (Å²) in [6.45, 7) is 9.48. The smallest absolute Gasteiger partial charge is 0.154 e. The monoisotopic (exact) mass is 463 g/mol. The van der Waals surface area contributed by atoms with Crippen LogP contribution in [0.25, 0.3) is 28.0 Å². The number of aliphatic hydroxyl groups excluding tert-OH is 1. The molecule has 0 saturated carbocycles. The van der Waals surface area contributed by atoms with Gasteiger partial charge in [0, 0.05) is 22.3 Å². The van der Waals surface area contributed by atoms with Gasteiger partial charge < -0.3 is 9.66 Å². The van der Waals surface area contributed by atoms with E-state index in [0.29, 0.717) is 11.5 Å². The number of hydrogen-bond donors (Lipinski definition) is 2. The van der Waals surface area contributed by atoms with Crippen LogP contribution in [0.4, 0.5) is 0 Å². The first kappa shape index (κ1) is 23.4. The third-order valence-corrected chi connectivity index (χ3v) is 7.00. The van der Waals surface area contributed by atoms with Crippen LogP contribution in [0.5, 0.6) is 0 Å². The molecule has 0 radical (unpaired) electrons. The standard InChI is InChI=1S/C25H29N5O2S/c1-16(29-33(32)25(3,4)5)20-8-6-10-22(27-20)18-12-13-19-15-26-30(23(19)14-18)24-11-7-9-21(28-24)17(2)31/h6-17,29,31H,1-5H3/t16-,17?,33+/m0/s1. The second kappa shape index (κ2) is 9.23. The Bertz CT molecular complexity index is 1270. The highest BCUT2D eigenvalue weighted by molar-refractivity contribution is 7.90. The average molecular weight is 464 g/mol. The van der Waals surface area contributed by atoms with Crippen molar-refractivity contribution < 1.29 is 9.66 Å². The lowest BCUT2D eigenvalue weighted by Gasteiger charge is -2.26. The minimum Gasteiger partial charge on any atom is -0.598 e. The van der Waals surface area contributed by atoms with E-state index in [-0.39, 0.29) is 10.8 Å². The number of aromatic nitrogens is 4. The Morgan fingerprint density at radius 2 is 1.73 bits per heavy atom. The van der Waals surface area contributed by atoms with Gasteiger partial charge in [-0.25, -0.2) is 9.67 Å². The number of benzene rings is 1. The first-order chi connectivity index (χ1) is 15.6. The van der Waals surface area contributed by atoms with E-state index in [1.54, 1.807) is 23.9 Å². The van der Waals surface area contributed by atoms with Gasteiger partial charge in [-0.3, -0.25) is 4.98 Å². The van der Waals surface area contributed by atoms with E-state index >= 15 is 0 Å². The molecule has 0 fully saturated rings. The third kappa shape index (κ3) is 5.09. The number of fused-ring (bicyclic) bond motifs is 1. The third-order valence-electron chi connectivity index (χ3n) is 5.32. The first-order valence-corrected chi connectivity index (χ1v) is 12.1. The molecule has 0 aliphatic rings. The SMILES string of the molecule is CC(O)c1cccc(-n2ncc3ccc(-c4cccc([C@H](C)N[S@+]([O-])C(C)(C)C)n4)cc32)n1. The normalized spacial score (nSPS) is 14.9. The Hall–Kier alpha value is -2.78. The van der Waals surface area contributed by atoms with Crippen LogP contribution in [0.1, 0.15) is 58.2 Å². The zero-order valence-electron chi connectivity index (χ0n) is 19.5. The molecular formula is C25H29N5O2S. The van der Waals surface area contributed by atoms with Crippen LogP contribution in [0, 0.1) is 0 Å². The van der Waals surface area contributed by atoms with E-state index in [1.807, 2.05) is 76.2 Å². The largest absolute Gasteiger partial charge is 0.598 e. The zero-order valence-corrected chi connectivity index (χ0v) is 20.3. The summed E-state index contributed by atoms with van der Waals surface area (Å²) in [6.07, 6.45) is 1.14. The molecular weight excluding hydrogens is 434 g/mol. The molecule has 8 heteroatoms. The number of nitrogens with one attached hydrogen (secondary N) is 1. The van der Waals surface area contributed by atoms with E-state index in [4.69, 9.17) is 4.98 Å². The molecule has 0 spiro atoms. The lowest BCUT2D eigenvalue weighted by atomic mass is 10.1. The maximum atomic E-state index is 12.5. The van der Waals surface area contributed by atoms with Crippen molar-refractivity contribution in [3.63, 3.8) is 0 Å².